The molecule has 104 valence electrons. The van der Waals surface area contributed by atoms with E-state index in [0.717, 1.165) is 19.6 Å². The van der Waals surface area contributed by atoms with Crippen molar-refractivity contribution in [2.24, 2.45) is 5.41 Å². The van der Waals surface area contributed by atoms with Crippen LogP contribution in [0.1, 0.15) is 58.8 Å². The topological polar surface area (TPSA) is 32.3 Å². The molecule has 0 radical (unpaired) electrons. The maximum atomic E-state index is 11.9. The van der Waals surface area contributed by atoms with Gasteiger partial charge >= 0.3 is 0 Å². The minimum absolute atomic E-state index is 0.341. The Labute approximate surface area is 111 Å². The van der Waals surface area contributed by atoms with Crippen molar-refractivity contribution < 1.29 is 4.79 Å². The minimum Gasteiger partial charge on any atom is -0.343 e. The van der Waals surface area contributed by atoms with Crippen LogP contribution in [0.5, 0.6) is 0 Å². The third-order valence-electron chi connectivity index (χ3n) is 4.70. The smallest absolute Gasteiger partial charge is 0.223 e. The average Bonchev–Trinajstić information content (AvgIpc) is 2.84. The highest BCUT2D eigenvalue weighted by atomic mass is 16.2. The number of likely N-dealkylation sites (tertiary alicyclic amines) is 1. The van der Waals surface area contributed by atoms with Gasteiger partial charge in [-0.25, -0.2) is 0 Å². The third-order valence-corrected chi connectivity index (χ3v) is 4.70. The van der Waals surface area contributed by atoms with Crippen LogP contribution in [-0.2, 0) is 4.79 Å². The van der Waals surface area contributed by atoms with Gasteiger partial charge < -0.3 is 10.2 Å². The summed E-state index contributed by atoms with van der Waals surface area (Å²) in [5.74, 6) is 0.341. The van der Waals surface area contributed by atoms with Crippen LogP contribution in [0.4, 0.5) is 0 Å². The number of nitrogens with one attached hydrogen (secondary N) is 1. The fraction of sp³-hybridized carbons (Fsp3) is 0.933. The van der Waals surface area contributed by atoms with E-state index in [4.69, 9.17) is 0 Å². The Balaban J connectivity index is 1.69. The molecule has 3 nitrogen and oxygen atoms in total. The lowest BCUT2D eigenvalue weighted by molar-refractivity contribution is -0.130. The van der Waals surface area contributed by atoms with Gasteiger partial charge in [-0.3, -0.25) is 4.79 Å². The molecule has 1 aliphatic heterocycles. The fourth-order valence-electron chi connectivity index (χ4n) is 3.35. The van der Waals surface area contributed by atoms with Gasteiger partial charge in [-0.05, 0) is 31.1 Å². The standard InChI is InChI=1S/C15H28N2O/c1-15(2)9-4-3-7-13(15)16-10-8-14(18)17-11-5-6-12-17/h13,16H,3-12H2,1-2H3. The van der Waals surface area contributed by atoms with E-state index >= 15 is 0 Å². The van der Waals surface area contributed by atoms with Gasteiger partial charge in [0.2, 0.25) is 5.91 Å². The number of hydrogen-bond donors (Lipinski definition) is 1. The molecule has 2 fully saturated rings. The first-order chi connectivity index (χ1) is 8.59. The molecule has 3 heteroatoms. The second-order valence-corrected chi connectivity index (χ2v) is 6.58. The molecule has 1 aliphatic carbocycles. The summed E-state index contributed by atoms with van der Waals surface area (Å²) in [7, 11) is 0. The van der Waals surface area contributed by atoms with Crippen molar-refractivity contribution in [2.45, 2.75) is 64.8 Å². The highest BCUT2D eigenvalue weighted by Gasteiger charge is 2.31. The van der Waals surface area contributed by atoms with Crippen LogP contribution in [0, 0.1) is 5.41 Å². The maximum absolute atomic E-state index is 11.9. The van der Waals surface area contributed by atoms with E-state index in [1.54, 1.807) is 0 Å². The summed E-state index contributed by atoms with van der Waals surface area (Å²) < 4.78 is 0. The first-order valence-electron chi connectivity index (χ1n) is 7.61. The van der Waals surface area contributed by atoms with Crippen LogP contribution in [0.15, 0.2) is 0 Å². The summed E-state index contributed by atoms with van der Waals surface area (Å²) in [4.78, 5) is 14.0. The van der Waals surface area contributed by atoms with Gasteiger partial charge in [0.15, 0.2) is 0 Å². The lowest BCUT2D eigenvalue weighted by atomic mass is 9.73. The molecule has 1 amide bonds. The SMILES string of the molecule is CC1(C)CCCCC1NCCC(=O)N1CCCC1. The van der Waals surface area contributed by atoms with E-state index in [2.05, 4.69) is 19.2 Å². The lowest BCUT2D eigenvalue weighted by Gasteiger charge is -2.39. The fourth-order valence-corrected chi connectivity index (χ4v) is 3.35. The Morgan fingerprint density at radius 3 is 2.61 bits per heavy atom. The van der Waals surface area contributed by atoms with Crippen LogP contribution in [0.3, 0.4) is 0 Å². The van der Waals surface area contributed by atoms with Crippen molar-refractivity contribution in [3.8, 4) is 0 Å². The van der Waals surface area contributed by atoms with Crippen LogP contribution >= 0.6 is 0 Å². The van der Waals surface area contributed by atoms with Gasteiger partial charge in [0.1, 0.15) is 0 Å². The first-order valence-corrected chi connectivity index (χ1v) is 7.61. The van der Waals surface area contributed by atoms with Gasteiger partial charge in [0, 0.05) is 32.1 Å². The van der Waals surface area contributed by atoms with Gasteiger partial charge in [-0.15, -0.1) is 0 Å². The normalized spacial score (nSPS) is 27.4. The maximum Gasteiger partial charge on any atom is 0.223 e. The summed E-state index contributed by atoms with van der Waals surface area (Å²) in [6, 6.07) is 0.595. The molecule has 2 aliphatic rings. The molecule has 2 rings (SSSR count). The molecule has 0 aromatic heterocycles. The van der Waals surface area contributed by atoms with Crippen molar-refractivity contribution in [3.05, 3.63) is 0 Å². The quantitative estimate of drug-likeness (QED) is 0.834. The van der Waals surface area contributed by atoms with Crippen molar-refractivity contribution in [1.29, 1.82) is 0 Å². The van der Waals surface area contributed by atoms with Gasteiger partial charge in [-0.2, -0.15) is 0 Å². The Morgan fingerprint density at radius 2 is 1.94 bits per heavy atom. The van der Waals surface area contributed by atoms with Gasteiger partial charge in [0.25, 0.3) is 0 Å². The second-order valence-electron chi connectivity index (χ2n) is 6.58. The Bertz CT molecular complexity index is 282. The molecule has 1 heterocycles. The second kappa shape index (κ2) is 6.05. The molecular weight excluding hydrogens is 224 g/mol. The third kappa shape index (κ3) is 3.47. The monoisotopic (exact) mass is 252 g/mol. The summed E-state index contributed by atoms with van der Waals surface area (Å²) in [6.45, 7) is 7.52. The summed E-state index contributed by atoms with van der Waals surface area (Å²) in [6.07, 6.45) is 8.32. The zero-order valence-electron chi connectivity index (χ0n) is 12.0. The lowest BCUT2D eigenvalue weighted by Crippen LogP contribution is -2.45. The molecule has 1 N–H and O–H groups in total. The number of carbonyl (C=O) groups is 1. The molecule has 0 spiro atoms. The number of nitrogens with zero attached hydrogens (tertiary/aromatic N) is 1. The average molecular weight is 252 g/mol. The summed E-state index contributed by atoms with van der Waals surface area (Å²) >= 11 is 0. The predicted molar refractivity (Wildman–Crippen MR) is 74.5 cm³/mol. The van der Waals surface area contributed by atoms with Crippen LogP contribution in [-0.4, -0.2) is 36.5 Å². The summed E-state index contributed by atoms with van der Waals surface area (Å²) in [5.41, 5.74) is 0.398. The number of carbonyl (C=O) groups excluding carboxylic acids is 1. The molecule has 1 saturated carbocycles. The molecule has 1 unspecified atom stereocenters. The zero-order chi connectivity index (χ0) is 13.0. The Kier molecular flexibility index (Phi) is 4.66. The van der Waals surface area contributed by atoms with Crippen LogP contribution < -0.4 is 5.32 Å². The van der Waals surface area contributed by atoms with E-state index in [0.29, 0.717) is 23.8 Å². The Morgan fingerprint density at radius 1 is 1.22 bits per heavy atom. The highest BCUT2D eigenvalue weighted by Crippen LogP contribution is 2.35. The van der Waals surface area contributed by atoms with E-state index < -0.39 is 0 Å². The van der Waals surface area contributed by atoms with Crippen LogP contribution in [0.2, 0.25) is 0 Å². The van der Waals surface area contributed by atoms with Crippen molar-refractivity contribution in [1.82, 2.24) is 10.2 Å². The van der Waals surface area contributed by atoms with Crippen molar-refractivity contribution >= 4 is 5.91 Å². The number of hydrogen-bond acceptors (Lipinski definition) is 2. The van der Waals surface area contributed by atoms with Crippen LogP contribution in [0.25, 0.3) is 0 Å². The number of rotatable bonds is 4. The summed E-state index contributed by atoms with van der Waals surface area (Å²) in [5, 5.41) is 3.62. The zero-order valence-corrected chi connectivity index (χ0v) is 12.0. The largest absolute Gasteiger partial charge is 0.343 e. The van der Waals surface area contributed by atoms with E-state index in [1.165, 1.54) is 38.5 Å². The van der Waals surface area contributed by atoms with E-state index in [9.17, 15) is 4.79 Å². The van der Waals surface area contributed by atoms with Gasteiger partial charge in [0.05, 0.1) is 0 Å². The minimum atomic E-state index is 0.341. The van der Waals surface area contributed by atoms with Crippen molar-refractivity contribution in [3.63, 3.8) is 0 Å². The first kappa shape index (κ1) is 13.9. The highest BCUT2D eigenvalue weighted by molar-refractivity contribution is 5.76. The molecule has 0 bridgehead atoms. The molecule has 18 heavy (non-hydrogen) atoms. The number of amides is 1. The van der Waals surface area contributed by atoms with E-state index in [1.807, 2.05) is 4.90 Å². The molecule has 0 aromatic rings. The van der Waals surface area contributed by atoms with Crippen molar-refractivity contribution in [2.75, 3.05) is 19.6 Å². The molecular formula is C15H28N2O. The Hall–Kier alpha value is -0.570. The predicted octanol–water partition coefficient (Wildman–Crippen LogP) is 2.56. The van der Waals surface area contributed by atoms with E-state index in [-0.39, 0.29) is 0 Å². The molecule has 1 saturated heterocycles. The molecule has 0 aromatic carbocycles. The molecule has 1 atom stereocenters. The van der Waals surface area contributed by atoms with Gasteiger partial charge in [-0.1, -0.05) is 26.7 Å².